The minimum absolute atomic E-state index is 0. The van der Waals surface area contributed by atoms with E-state index in [9.17, 15) is 15.5 Å². The number of allylic oxidation sites excluding steroid dienone is 2. The molecule has 5 atom stereocenters. The van der Waals surface area contributed by atoms with Crippen molar-refractivity contribution in [3.63, 3.8) is 0 Å². The van der Waals surface area contributed by atoms with Crippen molar-refractivity contribution >= 4 is 0 Å². The molecule has 0 aromatic heterocycles. The Labute approximate surface area is 184 Å². The van der Waals surface area contributed by atoms with Crippen LogP contribution in [0.1, 0.15) is 64.7 Å². The Balaban J connectivity index is 0.00000338. The van der Waals surface area contributed by atoms with E-state index in [4.69, 9.17) is 0 Å². The van der Waals surface area contributed by atoms with Crippen molar-refractivity contribution in [2.24, 2.45) is 23.2 Å². The van der Waals surface area contributed by atoms with Gasteiger partial charge in [-0.15, -0.1) is 0 Å². The second kappa shape index (κ2) is 11.8. The van der Waals surface area contributed by atoms with Crippen LogP contribution < -0.4 is 0 Å². The van der Waals surface area contributed by atoms with Gasteiger partial charge in [-0.2, -0.15) is 11.7 Å². The standard InChI is InChI=1S/C22H34NO2.Y/c1-3-5-6-7-10-18-17(16-23)15-20(24)19(18)11-8-12-21(25)22(4-2)13-9-14-22;/h6-8,11,17-21,24-25H,1,3-5,9-10,12-15H2,2H3;/q-1;/b7-6-,11-8+;/t17-,18-,19+,20+,21?;/m0./s1. The summed E-state index contributed by atoms with van der Waals surface area (Å²) in [6.45, 7) is 6.00. The van der Waals surface area contributed by atoms with Crippen LogP contribution in [-0.4, -0.2) is 22.4 Å². The molecule has 0 aromatic carbocycles. The first-order valence-corrected chi connectivity index (χ1v) is 9.94. The Morgan fingerprint density at radius 3 is 2.58 bits per heavy atom. The molecule has 4 heteroatoms. The number of hydrogen-bond donors (Lipinski definition) is 2. The predicted octanol–water partition coefficient (Wildman–Crippen LogP) is 4.57. The Morgan fingerprint density at radius 2 is 2.04 bits per heavy atom. The molecule has 2 aliphatic carbocycles. The van der Waals surface area contributed by atoms with Crippen LogP contribution in [0.3, 0.4) is 0 Å². The average Bonchev–Trinajstić information content (AvgIpc) is 2.87. The van der Waals surface area contributed by atoms with E-state index >= 15 is 0 Å². The molecule has 1 radical (unpaired) electrons. The van der Waals surface area contributed by atoms with Crippen molar-refractivity contribution in [1.82, 2.24) is 0 Å². The summed E-state index contributed by atoms with van der Waals surface area (Å²) in [4.78, 5) is 0. The van der Waals surface area contributed by atoms with Crippen LogP contribution in [0.2, 0.25) is 0 Å². The second-order valence-corrected chi connectivity index (χ2v) is 7.88. The van der Waals surface area contributed by atoms with E-state index in [0.717, 1.165) is 38.5 Å². The van der Waals surface area contributed by atoms with Gasteiger partial charge in [0.2, 0.25) is 0 Å². The largest absolute Gasteiger partial charge is 0.392 e. The van der Waals surface area contributed by atoms with Gasteiger partial charge in [-0.05, 0) is 49.9 Å². The minimum Gasteiger partial charge on any atom is -0.392 e. The van der Waals surface area contributed by atoms with Gasteiger partial charge in [0, 0.05) is 38.6 Å². The molecule has 2 rings (SSSR count). The molecule has 0 heterocycles. The zero-order valence-corrected chi connectivity index (χ0v) is 19.0. The van der Waals surface area contributed by atoms with Crippen molar-refractivity contribution in [3.8, 4) is 6.07 Å². The first-order chi connectivity index (χ1) is 12.1. The molecule has 2 N–H and O–H groups in total. The smallest absolute Gasteiger partial charge is 0.0660 e. The van der Waals surface area contributed by atoms with E-state index in [1.165, 1.54) is 6.42 Å². The topological polar surface area (TPSA) is 64.2 Å². The molecule has 2 fully saturated rings. The molecule has 143 valence electrons. The fourth-order valence-electron chi connectivity index (χ4n) is 4.54. The van der Waals surface area contributed by atoms with Crippen LogP contribution in [0, 0.1) is 41.4 Å². The van der Waals surface area contributed by atoms with Crippen molar-refractivity contribution in [2.75, 3.05) is 0 Å². The minimum atomic E-state index is -0.451. The van der Waals surface area contributed by atoms with Crippen molar-refractivity contribution in [2.45, 2.75) is 76.9 Å². The van der Waals surface area contributed by atoms with Crippen LogP contribution >= 0.6 is 0 Å². The van der Waals surface area contributed by atoms with Crippen molar-refractivity contribution in [1.29, 1.82) is 5.26 Å². The normalized spacial score (nSPS) is 31.5. The maximum absolute atomic E-state index is 10.5. The van der Waals surface area contributed by atoms with Gasteiger partial charge in [-0.3, -0.25) is 0 Å². The number of unbranched alkanes of at least 4 members (excludes halogenated alkanes) is 1. The van der Waals surface area contributed by atoms with Crippen LogP contribution in [0.15, 0.2) is 24.3 Å². The second-order valence-electron chi connectivity index (χ2n) is 7.88. The summed E-state index contributed by atoms with van der Waals surface area (Å²) in [5.74, 6) is 0.0890. The van der Waals surface area contributed by atoms with E-state index < -0.39 is 6.10 Å². The van der Waals surface area contributed by atoms with E-state index in [2.05, 4.69) is 38.1 Å². The van der Waals surface area contributed by atoms with Crippen LogP contribution in [-0.2, 0) is 32.7 Å². The molecular weight excluding hydrogens is 399 g/mol. The quantitative estimate of drug-likeness (QED) is 0.414. The summed E-state index contributed by atoms with van der Waals surface area (Å²) in [6, 6.07) is 2.38. The fourth-order valence-corrected chi connectivity index (χ4v) is 4.54. The van der Waals surface area contributed by atoms with Gasteiger partial charge in [-0.25, -0.2) is 0 Å². The molecule has 0 amide bonds. The predicted molar refractivity (Wildman–Crippen MR) is 101 cm³/mol. The third kappa shape index (κ3) is 5.74. The first kappa shape index (κ1) is 24.0. The molecule has 0 spiro atoms. The number of nitriles is 1. The summed E-state index contributed by atoms with van der Waals surface area (Å²) >= 11 is 0. The van der Waals surface area contributed by atoms with E-state index in [-0.39, 0.29) is 62.0 Å². The molecule has 2 aliphatic rings. The van der Waals surface area contributed by atoms with E-state index in [1.54, 1.807) is 0 Å². The summed E-state index contributed by atoms with van der Waals surface area (Å²) in [7, 11) is 0. The Bertz CT molecular complexity index is 501. The maximum Gasteiger partial charge on any atom is 0.0660 e. The van der Waals surface area contributed by atoms with Crippen LogP contribution in [0.4, 0.5) is 0 Å². The Hall–Kier alpha value is -0.00610. The van der Waals surface area contributed by atoms with Gasteiger partial charge in [0.25, 0.3) is 0 Å². The molecule has 2 saturated carbocycles. The zero-order chi connectivity index (χ0) is 18.3. The molecular formula is C22H34NO2Y-. The van der Waals surface area contributed by atoms with Gasteiger partial charge in [0.15, 0.2) is 0 Å². The van der Waals surface area contributed by atoms with E-state index in [1.807, 2.05) is 6.08 Å². The number of hydrogen-bond acceptors (Lipinski definition) is 3. The summed E-state index contributed by atoms with van der Waals surface area (Å²) in [6.07, 6.45) is 16.0. The number of rotatable bonds is 9. The van der Waals surface area contributed by atoms with Crippen LogP contribution in [0.25, 0.3) is 0 Å². The molecule has 0 aromatic rings. The third-order valence-corrected chi connectivity index (χ3v) is 6.54. The molecule has 0 bridgehead atoms. The number of aliphatic hydroxyl groups is 2. The van der Waals surface area contributed by atoms with Gasteiger partial charge < -0.3 is 17.1 Å². The van der Waals surface area contributed by atoms with Gasteiger partial charge in [-0.1, -0.05) is 44.1 Å². The SMILES string of the molecule is [CH2-]CC/C=C\C[C@@H]1[C@@H](/C=C/CC(O)C2(CC)CCC2)[C@H](O)C[C@H]1C#N.[Y]. The fraction of sp³-hybridized carbons (Fsp3) is 0.727. The van der Waals surface area contributed by atoms with Crippen LogP contribution in [0.5, 0.6) is 0 Å². The molecule has 26 heavy (non-hydrogen) atoms. The average molecular weight is 433 g/mol. The van der Waals surface area contributed by atoms with Crippen molar-refractivity contribution in [3.05, 3.63) is 31.2 Å². The number of nitrogens with zero attached hydrogens (tertiary/aromatic N) is 1. The maximum atomic E-state index is 10.5. The van der Waals surface area contributed by atoms with Gasteiger partial charge in [0.05, 0.1) is 24.2 Å². The zero-order valence-electron chi connectivity index (χ0n) is 16.2. The monoisotopic (exact) mass is 433 g/mol. The first-order valence-electron chi connectivity index (χ1n) is 9.94. The number of aliphatic hydroxyl groups excluding tert-OH is 2. The molecule has 3 nitrogen and oxygen atoms in total. The van der Waals surface area contributed by atoms with Gasteiger partial charge in [0.1, 0.15) is 0 Å². The Morgan fingerprint density at radius 1 is 1.31 bits per heavy atom. The molecule has 0 saturated heterocycles. The Kier molecular flexibility index (Phi) is 10.9. The third-order valence-electron chi connectivity index (χ3n) is 6.54. The van der Waals surface area contributed by atoms with E-state index in [0.29, 0.717) is 12.8 Å². The van der Waals surface area contributed by atoms with Gasteiger partial charge >= 0.3 is 0 Å². The molecule has 0 aliphatic heterocycles. The molecule has 1 unspecified atom stereocenters. The summed E-state index contributed by atoms with van der Waals surface area (Å²) in [5.41, 5.74) is 0.115. The van der Waals surface area contributed by atoms with Crippen molar-refractivity contribution < 1.29 is 42.9 Å². The summed E-state index contributed by atoms with van der Waals surface area (Å²) in [5, 5.41) is 30.3. The summed E-state index contributed by atoms with van der Waals surface area (Å²) < 4.78 is 0.